The lowest BCUT2D eigenvalue weighted by molar-refractivity contribution is 0.0871. The Kier molecular flexibility index (Phi) is 3.88. The second kappa shape index (κ2) is 5.24. The van der Waals surface area contributed by atoms with Gasteiger partial charge in [0.1, 0.15) is 11.4 Å². The lowest BCUT2D eigenvalue weighted by Crippen LogP contribution is -2.28. The Morgan fingerprint density at radius 2 is 2.11 bits per heavy atom. The fraction of sp³-hybridized carbons (Fsp3) is 0.357. The highest BCUT2D eigenvalue weighted by Gasteiger charge is 2.31. The van der Waals surface area contributed by atoms with Crippen LogP contribution in [0.5, 0.6) is 0 Å². The van der Waals surface area contributed by atoms with E-state index in [-0.39, 0.29) is 0 Å². The Labute approximate surface area is 116 Å². The number of rotatable bonds is 4. The summed E-state index contributed by atoms with van der Waals surface area (Å²) in [5.41, 5.74) is -0.271. The van der Waals surface area contributed by atoms with E-state index in [0.29, 0.717) is 5.82 Å². The zero-order valence-corrected chi connectivity index (χ0v) is 12.2. The van der Waals surface area contributed by atoms with Gasteiger partial charge in [0.05, 0.1) is 0 Å². The van der Waals surface area contributed by atoms with E-state index in [2.05, 4.69) is 27.8 Å². The van der Waals surface area contributed by atoms with Crippen molar-refractivity contribution in [1.82, 2.24) is 9.55 Å². The van der Waals surface area contributed by atoms with Gasteiger partial charge in [-0.1, -0.05) is 41.1 Å². The zero-order valence-electron chi connectivity index (χ0n) is 10.6. The van der Waals surface area contributed by atoms with Crippen LogP contribution in [0.25, 0.3) is 0 Å². The van der Waals surface area contributed by atoms with E-state index in [1.54, 1.807) is 13.1 Å². The van der Waals surface area contributed by atoms with Gasteiger partial charge in [-0.05, 0) is 19.4 Å². The number of benzene rings is 1. The maximum atomic E-state index is 10.8. The quantitative estimate of drug-likeness (QED) is 0.941. The first-order chi connectivity index (χ1) is 8.57. The average molecular weight is 309 g/mol. The molecule has 0 aliphatic rings. The van der Waals surface area contributed by atoms with E-state index in [4.69, 9.17) is 0 Å². The van der Waals surface area contributed by atoms with Crippen LogP contribution in [-0.2, 0) is 12.1 Å². The van der Waals surface area contributed by atoms with E-state index in [1.807, 2.05) is 35.0 Å². The van der Waals surface area contributed by atoms with Gasteiger partial charge in [-0.25, -0.2) is 4.98 Å². The second-order valence-electron chi connectivity index (χ2n) is 4.50. The Bertz CT molecular complexity index is 534. The van der Waals surface area contributed by atoms with Crippen molar-refractivity contribution in [2.24, 2.45) is 0 Å². The van der Waals surface area contributed by atoms with Gasteiger partial charge < -0.3 is 9.67 Å². The van der Waals surface area contributed by atoms with Gasteiger partial charge >= 0.3 is 0 Å². The molecule has 0 spiro atoms. The van der Waals surface area contributed by atoms with Crippen LogP contribution in [0.2, 0.25) is 0 Å². The summed E-state index contributed by atoms with van der Waals surface area (Å²) < 4.78 is 2.89. The van der Waals surface area contributed by atoms with Gasteiger partial charge in [-0.15, -0.1) is 0 Å². The first kappa shape index (κ1) is 13.3. The van der Waals surface area contributed by atoms with Gasteiger partial charge in [0, 0.05) is 29.0 Å². The summed E-state index contributed by atoms with van der Waals surface area (Å²) >= 11 is 3.48. The zero-order chi connectivity index (χ0) is 13.2. The van der Waals surface area contributed by atoms with E-state index < -0.39 is 5.60 Å². The lowest BCUT2D eigenvalue weighted by atomic mass is 9.95. The Morgan fingerprint density at radius 3 is 2.78 bits per heavy atom. The highest BCUT2D eigenvalue weighted by molar-refractivity contribution is 9.10. The molecule has 0 saturated heterocycles. The molecule has 96 valence electrons. The van der Waals surface area contributed by atoms with Crippen molar-refractivity contribution in [2.45, 2.75) is 32.4 Å². The van der Waals surface area contributed by atoms with Gasteiger partial charge in [-0.3, -0.25) is 0 Å². The van der Waals surface area contributed by atoms with E-state index in [9.17, 15) is 5.11 Å². The molecule has 0 amide bonds. The van der Waals surface area contributed by atoms with Crippen LogP contribution < -0.4 is 0 Å². The Morgan fingerprint density at radius 1 is 1.39 bits per heavy atom. The fourth-order valence-electron chi connectivity index (χ4n) is 2.13. The van der Waals surface area contributed by atoms with Crippen molar-refractivity contribution in [3.05, 3.63) is 52.5 Å². The van der Waals surface area contributed by atoms with Gasteiger partial charge in [0.25, 0.3) is 0 Å². The van der Waals surface area contributed by atoms with Gasteiger partial charge in [0.15, 0.2) is 0 Å². The van der Waals surface area contributed by atoms with Crippen molar-refractivity contribution in [3.63, 3.8) is 0 Å². The molecule has 1 aromatic heterocycles. The maximum absolute atomic E-state index is 10.8. The molecule has 0 aliphatic heterocycles. The molecule has 0 bridgehead atoms. The van der Waals surface area contributed by atoms with Crippen LogP contribution in [0, 0.1) is 0 Å². The summed E-state index contributed by atoms with van der Waals surface area (Å²) in [5.74, 6) is 0.677. The van der Waals surface area contributed by atoms with Crippen LogP contribution in [-0.4, -0.2) is 14.7 Å². The van der Waals surface area contributed by atoms with Crippen LogP contribution in [0.4, 0.5) is 0 Å². The predicted molar refractivity (Wildman–Crippen MR) is 75.3 cm³/mol. The number of aliphatic hydroxyl groups is 1. The summed E-state index contributed by atoms with van der Waals surface area (Å²) in [4.78, 5) is 4.32. The Balaban J connectivity index is 2.47. The smallest absolute Gasteiger partial charge is 0.145 e. The first-order valence-electron chi connectivity index (χ1n) is 6.06. The maximum Gasteiger partial charge on any atom is 0.145 e. The van der Waals surface area contributed by atoms with Crippen molar-refractivity contribution < 1.29 is 5.11 Å². The molecule has 1 aromatic carbocycles. The second-order valence-corrected chi connectivity index (χ2v) is 5.35. The molecule has 2 rings (SSSR count). The minimum atomic E-state index is -1.10. The minimum Gasteiger partial charge on any atom is -0.377 e. The lowest BCUT2D eigenvalue weighted by Gasteiger charge is -2.25. The van der Waals surface area contributed by atoms with Gasteiger partial charge in [0.2, 0.25) is 0 Å². The normalized spacial score (nSPS) is 14.4. The molecule has 0 radical (unpaired) electrons. The van der Waals surface area contributed by atoms with Crippen molar-refractivity contribution in [1.29, 1.82) is 0 Å². The summed E-state index contributed by atoms with van der Waals surface area (Å²) in [6.07, 6.45) is 4.65. The SMILES string of the molecule is CCCn1ccnc1C(C)(O)c1ccccc1Br. The standard InChI is InChI=1S/C14H17BrN2O/c1-3-9-17-10-8-16-13(17)14(2,18)11-6-4-5-7-12(11)15/h4-8,10,18H,3,9H2,1-2H3. The van der Waals surface area contributed by atoms with Crippen LogP contribution in [0.1, 0.15) is 31.7 Å². The molecule has 4 heteroatoms. The summed E-state index contributed by atoms with van der Waals surface area (Å²) in [5, 5.41) is 10.8. The van der Waals surface area contributed by atoms with Crippen LogP contribution in [0.15, 0.2) is 41.1 Å². The molecule has 2 aromatic rings. The number of nitrogens with zero attached hydrogens (tertiary/aromatic N) is 2. The molecule has 0 fully saturated rings. The molecule has 1 atom stereocenters. The number of aromatic nitrogens is 2. The highest BCUT2D eigenvalue weighted by Crippen LogP contribution is 2.33. The molecular weight excluding hydrogens is 292 g/mol. The third-order valence-electron chi connectivity index (χ3n) is 3.01. The highest BCUT2D eigenvalue weighted by atomic mass is 79.9. The number of imidazole rings is 1. The summed E-state index contributed by atoms with van der Waals surface area (Å²) in [6, 6.07) is 7.69. The van der Waals surface area contributed by atoms with Crippen LogP contribution >= 0.6 is 15.9 Å². The number of halogens is 1. The topological polar surface area (TPSA) is 38.0 Å². The Hall–Kier alpha value is -1.13. The predicted octanol–water partition coefficient (Wildman–Crippen LogP) is 3.31. The molecule has 1 unspecified atom stereocenters. The minimum absolute atomic E-state index is 0.677. The molecule has 3 nitrogen and oxygen atoms in total. The van der Waals surface area contributed by atoms with Crippen molar-refractivity contribution in [3.8, 4) is 0 Å². The molecule has 1 heterocycles. The average Bonchev–Trinajstić information content (AvgIpc) is 2.79. The van der Waals surface area contributed by atoms with E-state index in [1.165, 1.54) is 0 Å². The van der Waals surface area contributed by atoms with E-state index >= 15 is 0 Å². The van der Waals surface area contributed by atoms with Gasteiger partial charge in [-0.2, -0.15) is 0 Å². The number of hydrogen-bond acceptors (Lipinski definition) is 2. The van der Waals surface area contributed by atoms with E-state index in [0.717, 1.165) is 23.0 Å². The fourth-order valence-corrected chi connectivity index (χ4v) is 2.80. The third kappa shape index (κ3) is 2.35. The summed E-state index contributed by atoms with van der Waals surface area (Å²) in [7, 11) is 0. The molecular formula is C14H17BrN2O. The molecule has 0 saturated carbocycles. The first-order valence-corrected chi connectivity index (χ1v) is 6.85. The molecule has 18 heavy (non-hydrogen) atoms. The van der Waals surface area contributed by atoms with Crippen molar-refractivity contribution >= 4 is 15.9 Å². The van der Waals surface area contributed by atoms with Crippen molar-refractivity contribution in [2.75, 3.05) is 0 Å². The number of hydrogen-bond donors (Lipinski definition) is 1. The number of aryl methyl sites for hydroxylation is 1. The third-order valence-corrected chi connectivity index (χ3v) is 3.71. The monoisotopic (exact) mass is 308 g/mol. The van der Waals surface area contributed by atoms with Crippen LogP contribution in [0.3, 0.4) is 0 Å². The molecule has 0 aliphatic carbocycles. The largest absolute Gasteiger partial charge is 0.377 e. The summed E-state index contributed by atoms with van der Waals surface area (Å²) in [6.45, 7) is 4.74. The molecule has 1 N–H and O–H groups in total.